The van der Waals surface area contributed by atoms with Crippen molar-refractivity contribution in [2.75, 3.05) is 29.9 Å². The van der Waals surface area contributed by atoms with Crippen LogP contribution in [0.1, 0.15) is 5.82 Å². The summed E-state index contributed by atoms with van der Waals surface area (Å²) in [4.78, 5) is 10.7. The fourth-order valence-electron chi connectivity index (χ4n) is 2.58. The predicted molar refractivity (Wildman–Crippen MR) is 89.4 cm³/mol. The molecule has 1 aliphatic heterocycles. The monoisotopic (exact) mass is 374 g/mol. The van der Waals surface area contributed by atoms with E-state index in [9.17, 15) is 0 Å². The smallest absolute Gasteiger partial charge is 0.222 e. The van der Waals surface area contributed by atoms with Gasteiger partial charge in [0.1, 0.15) is 5.82 Å². The highest BCUT2D eigenvalue weighted by molar-refractivity contribution is 9.10. The van der Waals surface area contributed by atoms with Gasteiger partial charge in [0.05, 0.1) is 4.47 Å². The Morgan fingerprint density at radius 2 is 2.00 bits per heavy atom. The Kier molecular flexibility index (Phi) is 3.56. The molecule has 1 saturated heterocycles. The van der Waals surface area contributed by atoms with Crippen LogP contribution in [0.25, 0.3) is 5.65 Å². The third-order valence-electron chi connectivity index (χ3n) is 3.85. The molecule has 0 bridgehead atoms. The largest absolute Gasteiger partial charge is 0.354 e. The first-order valence-corrected chi connectivity index (χ1v) is 8.14. The molecule has 118 valence electrons. The summed E-state index contributed by atoms with van der Waals surface area (Å²) in [7, 11) is 0. The van der Waals surface area contributed by atoms with Crippen LogP contribution in [0, 0.1) is 12.8 Å². The highest BCUT2D eigenvalue weighted by atomic mass is 79.9. The molecule has 3 aromatic rings. The minimum Gasteiger partial charge on any atom is -0.354 e. The molecule has 0 aromatic carbocycles. The minimum atomic E-state index is 0.557. The van der Waals surface area contributed by atoms with Crippen molar-refractivity contribution in [2.45, 2.75) is 6.92 Å². The van der Waals surface area contributed by atoms with E-state index in [-0.39, 0.29) is 0 Å². The molecule has 23 heavy (non-hydrogen) atoms. The van der Waals surface area contributed by atoms with Crippen molar-refractivity contribution in [1.82, 2.24) is 29.8 Å². The SMILES string of the molecule is Cc1nnc2ccc(N3CC(CNc4ncc(Br)cn4)C3)nn12. The normalized spacial score (nSPS) is 15.0. The van der Waals surface area contributed by atoms with Gasteiger partial charge in [-0.25, -0.2) is 9.97 Å². The van der Waals surface area contributed by atoms with Gasteiger partial charge < -0.3 is 10.2 Å². The van der Waals surface area contributed by atoms with Gasteiger partial charge in [0.15, 0.2) is 11.5 Å². The van der Waals surface area contributed by atoms with E-state index in [4.69, 9.17) is 0 Å². The molecule has 8 nitrogen and oxygen atoms in total. The number of hydrogen-bond acceptors (Lipinski definition) is 7. The number of nitrogens with zero attached hydrogens (tertiary/aromatic N) is 7. The number of nitrogens with one attached hydrogen (secondary N) is 1. The van der Waals surface area contributed by atoms with Gasteiger partial charge >= 0.3 is 0 Å². The molecule has 9 heteroatoms. The Morgan fingerprint density at radius 3 is 2.78 bits per heavy atom. The van der Waals surface area contributed by atoms with E-state index in [1.807, 2.05) is 19.1 Å². The number of anilines is 2. The molecule has 0 amide bonds. The van der Waals surface area contributed by atoms with Crippen molar-refractivity contribution >= 4 is 33.3 Å². The zero-order valence-corrected chi connectivity index (χ0v) is 14.1. The number of aromatic nitrogens is 6. The van der Waals surface area contributed by atoms with Gasteiger partial charge in [-0.05, 0) is 35.0 Å². The van der Waals surface area contributed by atoms with Crippen LogP contribution >= 0.6 is 15.9 Å². The molecule has 0 aliphatic carbocycles. The van der Waals surface area contributed by atoms with Gasteiger partial charge in [0, 0.05) is 37.9 Å². The fourth-order valence-corrected chi connectivity index (χ4v) is 2.79. The Bertz CT molecular complexity index is 824. The topological polar surface area (TPSA) is 84.1 Å². The molecule has 0 unspecified atom stereocenters. The molecule has 0 atom stereocenters. The van der Waals surface area contributed by atoms with Crippen LogP contribution in [0.3, 0.4) is 0 Å². The zero-order valence-electron chi connectivity index (χ0n) is 12.5. The van der Waals surface area contributed by atoms with Crippen LogP contribution in [0.15, 0.2) is 29.0 Å². The molecule has 0 spiro atoms. The second kappa shape index (κ2) is 5.73. The quantitative estimate of drug-likeness (QED) is 0.740. The first-order chi connectivity index (χ1) is 11.2. The van der Waals surface area contributed by atoms with E-state index in [1.165, 1.54) is 0 Å². The molecular formula is C14H15BrN8. The highest BCUT2D eigenvalue weighted by Gasteiger charge is 2.28. The fraction of sp³-hybridized carbons (Fsp3) is 0.357. The second-order valence-corrected chi connectivity index (χ2v) is 6.50. The van der Waals surface area contributed by atoms with Crippen LogP contribution in [0.5, 0.6) is 0 Å². The number of rotatable bonds is 4. The van der Waals surface area contributed by atoms with Crippen molar-refractivity contribution in [1.29, 1.82) is 0 Å². The van der Waals surface area contributed by atoms with Crippen molar-refractivity contribution in [3.05, 3.63) is 34.8 Å². The lowest BCUT2D eigenvalue weighted by molar-refractivity contribution is 0.424. The number of aryl methyl sites for hydroxylation is 1. The Balaban J connectivity index is 1.35. The lowest BCUT2D eigenvalue weighted by Gasteiger charge is -2.40. The van der Waals surface area contributed by atoms with E-state index >= 15 is 0 Å². The van der Waals surface area contributed by atoms with Gasteiger partial charge in [-0.15, -0.1) is 15.3 Å². The van der Waals surface area contributed by atoms with Gasteiger partial charge in [-0.1, -0.05) is 0 Å². The van der Waals surface area contributed by atoms with Gasteiger partial charge in [0.2, 0.25) is 5.95 Å². The molecule has 1 N–H and O–H groups in total. The first kappa shape index (κ1) is 14.3. The average Bonchev–Trinajstić information content (AvgIpc) is 2.89. The second-order valence-electron chi connectivity index (χ2n) is 5.59. The zero-order chi connectivity index (χ0) is 15.8. The maximum Gasteiger partial charge on any atom is 0.222 e. The third-order valence-corrected chi connectivity index (χ3v) is 4.26. The van der Waals surface area contributed by atoms with Crippen molar-refractivity contribution in [3.8, 4) is 0 Å². The summed E-state index contributed by atoms with van der Waals surface area (Å²) in [6, 6.07) is 3.94. The molecule has 0 saturated carbocycles. The van der Waals surface area contributed by atoms with Crippen LogP contribution in [-0.4, -0.2) is 49.4 Å². The Morgan fingerprint density at radius 1 is 1.22 bits per heavy atom. The summed E-state index contributed by atoms with van der Waals surface area (Å²) in [5.74, 6) is 2.97. The van der Waals surface area contributed by atoms with Gasteiger partial charge in [-0.3, -0.25) is 0 Å². The molecule has 1 aliphatic rings. The van der Waals surface area contributed by atoms with Gasteiger partial charge in [0.25, 0.3) is 0 Å². The van der Waals surface area contributed by atoms with E-state index in [0.717, 1.165) is 41.4 Å². The van der Waals surface area contributed by atoms with Crippen LogP contribution in [0.4, 0.5) is 11.8 Å². The molecule has 4 rings (SSSR count). The lowest BCUT2D eigenvalue weighted by Crippen LogP contribution is -2.50. The maximum absolute atomic E-state index is 4.59. The number of halogens is 1. The minimum absolute atomic E-state index is 0.557. The summed E-state index contributed by atoms with van der Waals surface area (Å²) >= 11 is 3.33. The highest BCUT2D eigenvalue weighted by Crippen LogP contribution is 2.23. The summed E-state index contributed by atoms with van der Waals surface area (Å²) < 4.78 is 2.65. The maximum atomic E-state index is 4.59. The standard InChI is InChI=1S/C14H15BrN8/c1-9-19-20-12-2-3-13(21-23(9)12)22-7-10(8-22)4-16-14-17-5-11(15)6-18-14/h2-3,5-6,10H,4,7-8H2,1H3,(H,16,17,18). The predicted octanol–water partition coefficient (Wildman–Crippen LogP) is 1.53. The van der Waals surface area contributed by atoms with Crippen molar-refractivity contribution in [3.63, 3.8) is 0 Å². The van der Waals surface area contributed by atoms with Crippen molar-refractivity contribution in [2.24, 2.45) is 5.92 Å². The van der Waals surface area contributed by atoms with Crippen molar-refractivity contribution < 1.29 is 0 Å². The molecule has 3 aromatic heterocycles. The lowest BCUT2D eigenvalue weighted by atomic mass is 10.0. The van der Waals surface area contributed by atoms with Gasteiger partial charge in [-0.2, -0.15) is 4.52 Å². The Labute approximate surface area is 141 Å². The molecule has 1 fully saturated rings. The summed E-state index contributed by atoms with van der Waals surface area (Å²) in [6.07, 6.45) is 3.48. The molecule has 0 radical (unpaired) electrons. The van der Waals surface area contributed by atoms with Crippen LogP contribution in [0.2, 0.25) is 0 Å². The van der Waals surface area contributed by atoms with Crippen LogP contribution in [-0.2, 0) is 0 Å². The Hall–Kier alpha value is -2.29. The summed E-state index contributed by atoms with van der Waals surface area (Å²) in [5.41, 5.74) is 0.775. The van der Waals surface area contributed by atoms with E-state index in [0.29, 0.717) is 11.9 Å². The molecular weight excluding hydrogens is 360 g/mol. The third kappa shape index (κ3) is 2.83. The summed E-state index contributed by atoms with van der Waals surface area (Å²) in [6.45, 7) is 4.68. The van der Waals surface area contributed by atoms with E-state index in [2.05, 4.69) is 51.4 Å². The number of fused-ring (bicyclic) bond motifs is 1. The molecule has 4 heterocycles. The summed E-state index contributed by atoms with van der Waals surface area (Å²) in [5, 5.41) is 15.9. The average molecular weight is 375 g/mol. The number of hydrogen-bond donors (Lipinski definition) is 1. The van der Waals surface area contributed by atoms with E-state index < -0.39 is 0 Å². The first-order valence-electron chi connectivity index (χ1n) is 7.34. The van der Waals surface area contributed by atoms with E-state index in [1.54, 1.807) is 16.9 Å². The van der Waals surface area contributed by atoms with Crippen LogP contribution < -0.4 is 10.2 Å².